The van der Waals surface area contributed by atoms with Gasteiger partial charge in [0.05, 0.1) is 0 Å². The van der Waals surface area contributed by atoms with Gasteiger partial charge >= 0.3 is 0 Å². The minimum Gasteiger partial charge on any atom is -0.207 e. The van der Waals surface area contributed by atoms with E-state index in [4.69, 9.17) is 0 Å². The van der Waals surface area contributed by atoms with Crippen molar-refractivity contribution in [3.8, 4) is 0 Å². The topological polar surface area (TPSA) is 0 Å². The van der Waals surface area contributed by atoms with E-state index in [1.807, 2.05) is 0 Å². The molecule has 2 heteroatoms. The summed E-state index contributed by atoms with van der Waals surface area (Å²) in [5.74, 6) is 0.787. The molecule has 0 saturated heterocycles. The van der Waals surface area contributed by atoms with Gasteiger partial charge < -0.3 is 0 Å². The summed E-state index contributed by atoms with van der Waals surface area (Å²) in [5, 5.41) is 0. The SMILES string of the molecule is CCCC[C@H]1CC[C@H](CCc2ccc(F)cc2F)CC1. The highest BCUT2D eigenvalue weighted by Gasteiger charge is 2.20. The van der Waals surface area contributed by atoms with Crippen LogP contribution >= 0.6 is 0 Å². The summed E-state index contributed by atoms with van der Waals surface area (Å²) in [5.41, 5.74) is 0.666. The second-order valence-electron chi connectivity index (χ2n) is 6.30. The minimum atomic E-state index is -0.484. The molecule has 1 aliphatic carbocycles. The molecule has 1 saturated carbocycles. The standard InChI is InChI=1S/C18H26F2/c1-2-3-4-14-5-7-15(8-6-14)9-10-16-11-12-17(19)13-18(16)20/h11-15H,2-10H2,1H3/t14-,15-. The summed E-state index contributed by atoms with van der Waals surface area (Å²) in [6.07, 6.45) is 11.1. The lowest BCUT2D eigenvalue weighted by molar-refractivity contribution is 0.249. The Bertz CT molecular complexity index is 406. The quantitative estimate of drug-likeness (QED) is 0.609. The Kier molecular flexibility index (Phi) is 6.00. The molecule has 0 heterocycles. The molecule has 1 aromatic carbocycles. The van der Waals surface area contributed by atoms with Gasteiger partial charge in [0.1, 0.15) is 11.6 Å². The summed E-state index contributed by atoms with van der Waals surface area (Å²) in [7, 11) is 0. The number of unbranched alkanes of at least 4 members (excludes halogenated alkanes) is 1. The van der Waals surface area contributed by atoms with E-state index in [-0.39, 0.29) is 5.82 Å². The highest BCUT2D eigenvalue weighted by Crippen LogP contribution is 2.34. The number of hydrogen-bond donors (Lipinski definition) is 0. The first-order chi connectivity index (χ1) is 9.69. The lowest BCUT2D eigenvalue weighted by atomic mass is 9.78. The first-order valence-electron chi connectivity index (χ1n) is 8.13. The first-order valence-corrected chi connectivity index (χ1v) is 8.13. The Labute approximate surface area is 121 Å². The maximum absolute atomic E-state index is 13.6. The van der Waals surface area contributed by atoms with Crippen molar-refractivity contribution in [2.75, 3.05) is 0 Å². The number of aryl methyl sites for hydroxylation is 1. The number of halogens is 2. The lowest BCUT2D eigenvalue weighted by Crippen LogP contribution is -2.15. The van der Waals surface area contributed by atoms with Crippen LogP contribution in [0.3, 0.4) is 0 Å². The summed E-state index contributed by atoms with van der Waals surface area (Å²) < 4.78 is 26.4. The number of hydrogen-bond acceptors (Lipinski definition) is 0. The maximum atomic E-state index is 13.6. The van der Waals surface area contributed by atoms with Crippen molar-refractivity contribution in [1.29, 1.82) is 0 Å². The Morgan fingerprint density at radius 1 is 1.00 bits per heavy atom. The van der Waals surface area contributed by atoms with Crippen LogP contribution in [0.4, 0.5) is 8.78 Å². The third kappa shape index (κ3) is 4.57. The summed E-state index contributed by atoms with van der Waals surface area (Å²) in [6, 6.07) is 3.95. The molecule has 0 atom stereocenters. The van der Waals surface area contributed by atoms with Crippen molar-refractivity contribution in [3.63, 3.8) is 0 Å². The third-order valence-electron chi connectivity index (χ3n) is 4.77. The molecule has 0 bridgehead atoms. The van der Waals surface area contributed by atoms with E-state index in [0.29, 0.717) is 5.56 Å². The highest BCUT2D eigenvalue weighted by atomic mass is 19.1. The summed E-state index contributed by atoms with van der Waals surface area (Å²) in [4.78, 5) is 0. The second-order valence-corrected chi connectivity index (χ2v) is 6.30. The fraction of sp³-hybridized carbons (Fsp3) is 0.667. The van der Waals surface area contributed by atoms with E-state index in [2.05, 4.69) is 6.92 Å². The van der Waals surface area contributed by atoms with E-state index in [1.165, 1.54) is 51.0 Å². The van der Waals surface area contributed by atoms with Crippen molar-refractivity contribution in [2.45, 2.75) is 64.7 Å². The lowest BCUT2D eigenvalue weighted by Gasteiger charge is -2.28. The van der Waals surface area contributed by atoms with Crippen molar-refractivity contribution in [3.05, 3.63) is 35.4 Å². The van der Waals surface area contributed by atoms with Gasteiger partial charge in [-0.3, -0.25) is 0 Å². The second kappa shape index (κ2) is 7.75. The fourth-order valence-electron chi connectivity index (χ4n) is 3.39. The van der Waals surface area contributed by atoms with Gasteiger partial charge in [-0.15, -0.1) is 0 Å². The molecule has 0 spiro atoms. The van der Waals surface area contributed by atoms with Gasteiger partial charge in [-0.05, 0) is 36.3 Å². The van der Waals surface area contributed by atoms with Gasteiger partial charge in [-0.25, -0.2) is 8.78 Å². The molecule has 2 rings (SSSR count). The van der Waals surface area contributed by atoms with Crippen molar-refractivity contribution in [2.24, 2.45) is 11.8 Å². The van der Waals surface area contributed by atoms with Gasteiger partial charge in [-0.2, -0.15) is 0 Å². The monoisotopic (exact) mass is 280 g/mol. The number of rotatable bonds is 6. The van der Waals surface area contributed by atoms with Gasteiger partial charge in [-0.1, -0.05) is 57.9 Å². The molecule has 0 nitrogen and oxygen atoms in total. The first kappa shape index (κ1) is 15.5. The largest absolute Gasteiger partial charge is 0.207 e. The number of benzene rings is 1. The van der Waals surface area contributed by atoms with Gasteiger partial charge in [0.25, 0.3) is 0 Å². The van der Waals surface area contributed by atoms with E-state index >= 15 is 0 Å². The molecular formula is C18H26F2. The molecule has 112 valence electrons. The van der Waals surface area contributed by atoms with Crippen LogP contribution in [-0.4, -0.2) is 0 Å². The summed E-state index contributed by atoms with van der Waals surface area (Å²) in [6.45, 7) is 2.25. The van der Waals surface area contributed by atoms with Gasteiger partial charge in [0, 0.05) is 6.07 Å². The third-order valence-corrected chi connectivity index (χ3v) is 4.77. The Morgan fingerprint density at radius 3 is 2.25 bits per heavy atom. The van der Waals surface area contributed by atoms with Crippen LogP contribution < -0.4 is 0 Å². The van der Waals surface area contributed by atoms with Gasteiger partial charge in [0.15, 0.2) is 0 Å². The molecule has 0 aliphatic heterocycles. The molecule has 0 amide bonds. The normalized spacial score (nSPS) is 22.9. The maximum Gasteiger partial charge on any atom is 0.129 e. The van der Waals surface area contributed by atoms with Crippen molar-refractivity contribution in [1.82, 2.24) is 0 Å². The Hall–Kier alpha value is -0.920. The molecular weight excluding hydrogens is 254 g/mol. The molecule has 20 heavy (non-hydrogen) atoms. The zero-order valence-corrected chi connectivity index (χ0v) is 12.5. The molecule has 1 aliphatic rings. The van der Waals surface area contributed by atoms with Crippen molar-refractivity contribution < 1.29 is 8.78 Å². The zero-order valence-electron chi connectivity index (χ0n) is 12.5. The predicted molar refractivity (Wildman–Crippen MR) is 79.7 cm³/mol. The Balaban J connectivity index is 1.73. The Morgan fingerprint density at radius 2 is 1.65 bits per heavy atom. The van der Waals surface area contributed by atoms with E-state index in [9.17, 15) is 8.78 Å². The zero-order chi connectivity index (χ0) is 14.4. The molecule has 0 unspecified atom stereocenters. The minimum absolute atomic E-state index is 0.387. The molecule has 1 aromatic rings. The van der Waals surface area contributed by atoms with E-state index in [0.717, 1.165) is 30.7 Å². The van der Waals surface area contributed by atoms with Crippen LogP contribution in [0.1, 0.15) is 63.9 Å². The predicted octanol–water partition coefficient (Wildman–Crippen LogP) is 5.89. The average molecular weight is 280 g/mol. The van der Waals surface area contributed by atoms with Crippen LogP contribution in [0, 0.1) is 23.5 Å². The molecule has 1 fully saturated rings. The van der Waals surface area contributed by atoms with Crippen LogP contribution in [0.2, 0.25) is 0 Å². The van der Waals surface area contributed by atoms with E-state index in [1.54, 1.807) is 6.07 Å². The van der Waals surface area contributed by atoms with Crippen LogP contribution in [0.15, 0.2) is 18.2 Å². The van der Waals surface area contributed by atoms with Crippen LogP contribution in [0.25, 0.3) is 0 Å². The molecule has 0 aromatic heterocycles. The molecule has 0 radical (unpaired) electrons. The van der Waals surface area contributed by atoms with Crippen LogP contribution in [0.5, 0.6) is 0 Å². The van der Waals surface area contributed by atoms with Crippen molar-refractivity contribution >= 4 is 0 Å². The van der Waals surface area contributed by atoms with Gasteiger partial charge in [0.2, 0.25) is 0 Å². The molecule has 0 N–H and O–H groups in total. The van der Waals surface area contributed by atoms with Crippen LogP contribution in [-0.2, 0) is 6.42 Å². The van der Waals surface area contributed by atoms with E-state index < -0.39 is 5.82 Å². The average Bonchev–Trinajstić information content (AvgIpc) is 2.45. The fourth-order valence-corrected chi connectivity index (χ4v) is 3.39. The highest BCUT2D eigenvalue weighted by molar-refractivity contribution is 5.18. The summed E-state index contributed by atoms with van der Waals surface area (Å²) >= 11 is 0. The smallest absolute Gasteiger partial charge is 0.129 e.